The van der Waals surface area contributed by atoms with E-state index in [2.05, 4.69) is 12.2 Å². The molecule has 0 radical (unpaired) electrons. The molecule has 0 bridgehead atoms. The Hall–Kier alpha value is 0.0700. The van der Waals surface area contributed by atoms with Gasteiger partial charge < -0.3 is 10.2 Å². The van der Waals surface area contributed by atoms with Gasteiger partial charge in [-0.15, -0.1) is 12.4 Å². The summed E-state index contributed by atoms with van der Waals surface area (Å²) in [5.41, 5.74) is 0. The fraction of sp³-hybridized carbons (Fsp3) is 0.889. The van der Waals surface area contributed by atoms with Gasteiger partial charge in [0.2, 0.25) is 5.91 Å². The van der Waals surface area contributed by atoms with E-state index < -0.39 is 0 Å². The third-order valence-electron chi connectivity index (χ3n) is 2.18. The molecule has 1 unspecified atom stereocenters. The second-order valence-corrected chi connectivity index (χ2v) is 4.92. The van der Waals surface area contributed by atoms with Crippen LogP contribution in [0.15, 0.2) is 0 Å². The first kappa shape index (κ1) is 14.1. The molecule has 0 spiro atoms. The summed E-state index contributed by atoms with van der Waals surface area (Å²) >= 11 is 1.95. The van der Waals surface area contributed by atoms with Crippen molar-refractivity contribution in [2.24, 2.45) is 0 Å². The number of amides is 1. The lowest BCUT2D eigenvalue weighted by atomic mass is 10.3. The highest BCUT2D eigenvalue weighted by Crippen LogP contribution is 2.17. The molecule has 0 aromatic heterocycles. The molecule has 1 aliphatic rings. The molecule has 1 saturated heterocycles. The van der Waals surface area contributed by atoms with Crippen LogP contribution in [0.4, 0.5) is 0 Å². The number of carbonyl (C=O) groups excluding carboxylic acids is 1. The van der Waals surface area contributed by atoms with E-state index in [1.165, 1.54) is 0 Å². The minimum Gasteiger partial charge on any atom is -0.341 e. The number of hydrogen-bond acceptors (Lipinski definition) is 3. The molecule has 1 fully saturated rings. The van der Waals surface area contributed by atoms with Crippen LogP contribution in [0.25, 0.3) is 0 Å². The molecule has 1 aliphatic heterocycles. The molecule has 1 atom stereocenters. The highest BCUT2D eigenvalue weighted by molar-refractivity contribution is 7.99. The Morgan fingerprint density at radius 2 is 2.36 bits per heavy atom. The van der Waals surface area contributed by atoms with E-state index in [9.17, 15) is 4.79 Å². The lowest BCUT2D eigenvalue weighted by Gasteiger charge is -2.30. The van der Waals surface area contributed by atoms with E-state index in [4.69, 9.17) is 0 Å². The lowest BCUT2D eigenvalue weighted by Crippen LogP contribution is -2.41. The molecule has 5 heteroatoms. The Morgan fingerprint density at radius 1 is 1.64 bits per heavy atom. The Labute approximate surface area is 96.4 Å². The first-order chi connectivity index (χ1) is 6.24. The van der Waals surface area contributed by atoms with Crippen molar-refractivity contribution in [3.8, 4) is 0 Å². The Kier molecular flexibility index (Phi) is 7.41. The normalized spacial score (nSPS) is 21.6. The maximum Gasteiger partial charge on any atom is 0.223 e. The van der Waals surface area contributed by atoms with Gasteiger partial charge in [-0.25, -0.2) is 0 Å². The minimum absolute atomic E-state index is 0. The zero-order valence-electron chi connectivity index (χ0n) is 8.78. The number of hydrogen-bond donors (Lipinski definition) is 1. The summed E-state index contributed by atoms with van der Waals surface area (Å²) in [6.45, 7) is 4.82. The van der Waals surface area contributed by atoms with Crippen molar-refractivity contribution in [3.63, 3.8) is 0 Å². The number of carbonyl (C=O) groups is 1. The largest absolute Gasteiger partial charge is 0.341 e. The standard InChI is InChI=1S/C9H18N2OS.ClH/c1-8-7-11(5-6-13-8)9(12)3-4-10-2;/h8,10H,3-7H2,1-2H3;1H. The van der Waals surface area contributed by atoms with Crippen LogP contribution in [0.5, 0.6) is 0 Å². The van der Waals surface area contributed by atoms with Gasteiger partial charge in [0.15, 0.2) is 0 Å². The molecule has 0 saturated carbocycles. The number of nitrogens with zero attached hydrogens (tertiary/aromatic N) is 1. The Bertz CT molecular complexity index is 180. The van der Waals surface area contributed by atoms with Crippen LogP contribution in [0, 0.1) is 0 Å². The van der Waals surface area contributed by atoms with E-state index in [0.717, 1.165) is 25.4 Å². The van der Waals surface area contributed by atoms with Crippen molar-refractivity contribution in [1.82, 2.24) is 10.2 Å². The summed E-state index contributed by atoms with van der Waals surface area (Å²) in [5.74, 6) is 1.38. The predicted octanol–water partition coefficient (Wildman–Crippen LogP) is 0.982. The van der Waals surface area contributed by atoms with Gasteiger partial charge >= 0.3 is 0 Å². The second kappa shape index (κ2) is 7.37. The molecule has 1 heterocycles. The van der Waals surface area contributed by atoms with Crippen LogP contribution in [0.2, 0.25) is 0 Å². The Morgan fingerprint density at radius 3 is 2.93 bits per heavy atom. The molecular weight excluding hydrogens is 220 g/mol. The van der Waals surface area contributed by atoms with Gasteiger partial charge in [-0.2, -0.15) is 11.8 Å². The van der Waals surface area contributed by atoms with Crippen LogP contribution >= 0.6 is 24.2 Å². The molecule has 84 valence electrons. The smallest absolute Gasteiger partial charge is 0.223 e. The molecule has 0 aromatic rings. The SMILES string of the molecule is CNCCC(=O)N1CCSC(C)C1.Cl. The van der Waals surface area contributed by atoms with Crippen LogP contribution in [0.3, 0.4) is 0 Å². The van der Waals surface area contributed by atoms with Crippen LogP contribution in [-0.4, -0.2) is 48.5 Å². The number of rotatable bonds is 3. The van der Waals surface area contributed by atoms with Gasteiger partial charge in [-0.1, -0.05) is 6.92 Å². The Balaban J connectivity index is 0.00000169. The zero-order chi connectivity index (χ0) is 9.68. The van der Waals surface area contributed by atoms with Crippen molar-refractivity contribution < 1.29 is 4.79 Å². The molecule has 3 nitrogen and oxygen atoms in total. The van der Waals surface area contributed by atoms with Crippen molar-refractivity contribution in [2.45, 2.75) is 18.6 Å². The molecule has 14 heavy (non-hydrogen) atoms. The number of halogens is 1. The molecule has 1 N–H and O–H groups in total. The summed E-state index contributed by atoms with van der Waals surface area (Å²) in [7, 11) is 1.88. The summed E-state index contributed by atoms with van der Waals surface area (Å²) in [6, 6.07) is 0. The van der Waals surface area contributed by atoms with E-state index in [-0.39, 0.29) is 12.4 Å². The van der Waals surface area contributed by atoms with E-state index in [1.807, 2.05) is 23.7 Å². The van der Waals surface area contributed by atoms with Gasteiger partial charge in [0.1, 0.15) is 0 Å². The molecular formula is C9H19ClN2OS. The average molecular weight is 239 g/mol. The van der Waals surface area contributed by atoms with Gasteiger partial charge in [0.05, 0.1) is 0 Å². The van der Waals surface area contributed by atoms with Gasteiger partial charge in [-0.3, -0.25) is 4.79 Å². The van der Waals surface area contributed by atoms with E-state index in [0.29, 0.717) is 17.6 Å². The van der Waals surface area contributed by atoms with Crippen LogP contribution in [-0.2, 0) is 4.79 Å². The quantitative estimate of drug-likeness (QED) is 0.796. The summed E-state index contributed by atoms with van der Waals surface area (Å²) < 4.78 is 0. The van der Waals surface area contributed by atoms with Crippen LogP contribution < -0.4 is 5.32 Å². The fourth-order valence-corrected chi connectivity index (χ4v) is 2.45. The molecule has 0 aromatic carbocycles. The minimum atomic E-state index is 0. The van der Waals surface area contributed by atoms with Crippen molar-refractivity contribution in [3.05, 3.63) is 0 Å². The maximum atomic E-state index is 11.6. The number of nitrogens with one attached hydrogen (secondary N) is 1. The van der Waals surface area contributed by atoms with Gasteiger partial charge in [0, 0.05) is 37.1 Å². The van der Waals surface area contributed by atoms with Crippen LogP contribution in [0.1, 0.15) is 13.3 Å². The number of thioether (sulfide) groups is 1. The monoisotopic (exact) mass is 238 g/mol. The zero-order valence-corrected chi connectivity index (χ0v) is 10.4. The highest BCUT2D eigenvalue weighted by atomic mass is 35.5. The second-order valence-electron chi connectivity index (χ2n) is 3.37. The topological polar surface area (TPSA) is 32.3 Å². The van der Waals surface area contributed by atoms with Crippen molar-refractivity contribution >= 4 is 30.1 Å². The summed E-state index contributed by atoms with van der Waals surface area (Å²) in [6.07, 6.45) is 0.633. The molecule has 1 amide bonds. The third-order valence-corrected chi connectivity index (χ3v) is 3.32. The third kappa shape index (κ3) is 4.53. The lowest BCUT2D eigenvalue weighted by molar-refractivity contribution is -0.130. The first-order valence-corrected chi connectivity index (χ1v) is 5.83. The highest BCUT2D eigenvalue weighted by Gasteiger charge is 2.20. The van der Waals surface area contributed by atoms with Crippen molar-refractivity contribution in [2.75, 3.05) is 32.4 Å². The molecule has 0 aliphatic carbocycles. The van der Waals surface area contributed by atoms with E-state index >= 15 is 0 Å². The summed E-state index contributed by atoms with van der Waals surface area (Å²) in [4.78, 5) is 13.6. The average Bonchev–Trinajstić information content (AvgIpc) is 2.14. The van der Waals surface area contributed by atoms with Gasteiger partial charge in [0.25, 0.3) is 0 Å². The maximum absolute atomic E-state index is 11.6. The molecule has 1 rings (SSSR count). The van der Waals surface area contributed by atoms with Gasteiger partial charge in [-0.05, 0) is 7.05 Å². The fourth-order valence-electron chi connectivity index (χ4n) is 1.43. The first-order valence-electron chi connectivity index (χ1n) is 4.78. The van der Waals surface area contributed by atoms with E-state index in [1.54, 1.807) is 0 Å². The van der Waals surface area contributed by atoms with Crippen molar-refractivity contribution in [1.29, 1.82) is 0 Å². The predicted molar refractivity (Wildman–Crippen MR) is 64.3 cm³/mol. The summed E-state index contributed by atoms with van der Waals surface area (Å²) in [5, 5.41) is 3.60.